The lowest BCUT2D eigenvalue weighted by Gasteiger charge is -2.33. The third-order valence-corrected chi connectivity index (χ3v) is 5.84. The monoisotopic (exact) mass is 467 g/mol. The molecule has 1 amide bonds. The third-order valence-electron chi connectivity index (χ3n) is 5.84. The predicted molar refractivity (Wildman–Crippen MR) is 130 cm³/mol. The van der Waals surface area contributed by atoms with Crippen molar-refractivity contribution in [2.45, 2.75) is 25.7 Å². The number of carbonyl (C=O) groups is 1. The van der Waals surface area contributed by atoms with Gasteiger partial charge < -0.3 is 14.4 Å². The zero-order valence-electron chi connectivity index (χ0n) is 19.4. The van der Waals surface area contributed by atoms with Gasteiger partial charge in [0.05, 0.1) is 6.20 Å². The van der Waals surface area contributed by atoms with Gasteiger partial charge in [-0.05, 0) is 56.2 Å². The number of rotatable bonds is 6. The first-order valence-electron chi connectivity index (χ1n) is 11.6. The number of pyridine rings is 2. The van der Waals surface area contributed by atoms with Gasteiger partial charge in [0.1, 0.15) is 22.8 Å². The number of hydrogen-bond acceptors (Lipinski definition) is 7. The average molecular weight is 468 g/mol. The van der Waals surface area contributed by atoms with Crippen LogP contribution in [0.1, 0.15) is 40.5 Å². The van der Waals surface area contributed by atoms with Crippen molar-refractivity contribution in [3.8, 4) is 23.3 Å². The fourth-order valence-electron chi connectivity index (χ4n) is 4.11. The van der Waals surface area contributed by atoms with Crippen LogP contribution in [0.3, 0.4) is 0 Å². The summed E-state index contributed by atoms with van der Waals surface area (Å²) in [5.41, 5.74) is 2.05. The van der Waals surface area contributed by atoms with Gasteiger partial charge in [0.2, 0.25) is 11.8 Å². The SMILES string of the molecule is Cc1ccc(Oc2ncccc2C(=O)N2CCC[C@H](c3nccnc3Oc3ccccc3)C2)cn1. The molecule has 4 aromatic rings. The summed E-state index contributed by atoms with van der Waals surface area (Å²) in [7, 11) is 0. The lowest BCUT2D eigenvalue weighted by Crippen LogP contribution is -2.39. The Morgan fingerprint density at radius 2 is 1.66 bits per heavy atom. The Morgan fingerprint density at radius 3 is 2.49 bits per heavy atom. The molecule has 1 aliphatic rings. The fourth-order valence-corrected chi connectivity index (χ4v) is 4.11. The molecule has 0 bridgehead atoms. The summed E-state index contributed by atoms with van der Waals surface area (Å²) in [6.45, 7) is 3.05. The summed E-state index contributed by atoms with van der Waals surface area (Å²) in [5.74, 6) is 1.82. The Kier molecular flexibility index (Phi) is 6.61. The molecule has 35 heavy (non-hydrogen) atoms. The minimum absolute atomic E-state index is 0.00227. The van der Waals surface area contributed by atoms with E-state index in [1.807, 2.05) is 54.3 Å². The molecular formula is C27H25N5O3. The largest absolute Gasteiger partial charge is 0.437 e. The van der Waals surface area contributed by atoms with E-state index >= 15 is 0 Å². The number of likely N-dealkylation sites (tertiary alicyclic amines) is 1. The fraction of sp³-hybridized carbons (Fsp3) is 0.222. The van der Waals surface area contributed by atoms with Crippen molar-refractivity contribution < 1.29 is 14.3 Å². The number of aromatic nitrogens is 4. The van der Waals surface area contributed by atoms with Crippen LogP contribution in [0.15, 0.2) is 79.4 Å². The van der Waals surface area contributed by atoms with Gasteiger partial charge in [0.15, 0.2) is 0 Å². The van der Waals surface area contributed by atoms with Gasteiger partial charge in [-0.1, -0.05) is 18.2 Å². The van der Waals surface area contributed by atoms with Gasteiger partial charge in [0, 0.05) is 43.3 Å². The Morgan fingerprint density at radius 1 is 0.857 bits per heavy atom. The van der Waals surface area contributed by atoms with Crippen molar-refractivity contribution in [3.05, 3.63) is 96.3 Å². The Balaban J connectivity index is 1.35. The molecule has 5 rings (SSSR count). The summed E-state index contributed by atoms with van der Waals surface area (Å²) < 4.78 is 11.9. The van der Waals surface area contributed by atoms with E-state index < -0.39 is 0 Å². The number of carbonyl (C=O) groups excluding carboxylic acids is 1. The maximum atomic E-state index is 13.5. The molecule has 0 saturated carbocycles. The van der Waals surface area contributed by atoms with Crippen molar-refractivity contribution in [1.29, 1.82) is 0 Å². The highest BCUT2D eigenvalue weighted by Gasteiger charge is 2.30. The van der Waals surface area contributed by atoms with E-state index in [-0.39, 0.29) is 17.7 Å². The quantitative estimate of drug-likeness (QED) is 0.386. The van der Waals surface area contributed by atoms with Crippen molar-refractivity contribution >= 4 is 5.91 Å². The Bertz CT molecular complexity index is 1300. The molecule has 0 radical (unpaired) electrons. The second-order valence-electron chi connectivity index (χ2n) is 8.35. The first-order chi connectivity index (χ1) is 17.2. The molecule has 1 aromatic carbocycles. The smallest absolute Gasteiger partial charge is 0.259 e. The van der Waals surface area contributed by atoms with E-state index in [1.165, 1.54) is 0 Å². The van der Waals surface area contributed by atoms with Gasteiger partial charge >= 0.3 is 0 Å². The van der Waals surface area contributed by atoms with Gasteiger partial charge in [-0.15, -0.1) is 0 Å². The maximum absolute atomic E-state index is 13.5. The molecule has 0 unspecified atom stereocenters. The summed E-state index contributed by atoms with van der Waals surface area (Å²) in [4.78, 5) is 32.9. The molecule has 1 saturated heterocycles. The van der Waals surface area contributed by atoms with Gasteiger partial charge in [-0.25, -0.2) is 9.97 Å². The topological polar surface area (TPSA) is 90.3 Å². The van der Waals surface area contributed by atoms with Gasteiger partial charge in [0.25, 0.3) is 5.91 Å². The van der Waals surface area contributed by atoms with E-state index in [2.05, 4.69) is 19.9 Å². The summed E-state index contributed by atoms with van der Waals surface area (Å²) in [6.07, 6.45) is 8.25. The summed E-state index contributed by atoms with van der Waals surface area (Å²) >= 11 is 0. The van der Waals surface area contributed by atoms with Gasteiger partial charge in [-0.2, -0.15) is 0 Å². The molecule has 4 heterocycles. The first-order valence-corrected chi connectivity index (χ1v) is 11.6. The van der Waals surface area contributed by atoms with Crippen LogP contribution in [-0.4, -0.2) is 43.8 Å². The van der Waals surface area contributed by atoms with E-state index in [1.54, 1.807) is 36.9 Å². The number of amides is 1. The van der Waals surface area contributed by atoms with E-state index in [0.29, 0.717) is 36.0 Å². The molecular weight excluding hydrogens is 442 g/mol. The van der Waals surface area contributed by atoms with Gasteiger partial charge in [-0.3, -0.25) is 14.8 Å². The number of ether oxygens (including phenoxy) is 2. The van der Waals surface area contributed by atoms with E-state index in [0.717, 1.165) is 24.2 Å². The van der Waals surface area contributed by atoms with Crippen LogP contribution >= 0.6 is 0 Å². The number of piperidine rings is 1. The number of para-hydroxylation sites is 1. The van der Waals surface area contributed by atoms with Crippen LogP contribution < -0.4 is 9.47 Å². The molecule has 0 N–H and O–H groups in total. The first kappa shape index (κ1) is 22.5. The lowest BCUT2D eigenvalue weighted by atomic mass is 9.94. The predicted octanol–water partition coefficient (Wildman–Crippen LogP) is 5.18. The van der Waals surface area contributed by atoms with Crippen LogP contribution in [0.4, 0.5) is 0 Å². The Labute approximate surface area is 203 Å². The molecule has 0 aliphatic carbocycles. The van der Waals surface area contributed by atoms with Crippen LogP contribution in [-0.2, 0) is 0 Å². The Hall–Kier alpha value is -4.33. The molecule has 0 spiro atoms. The molecule has 8 heteroatoms. The highest BCUT2D eigenvalue weighted by molar-refractivity contribution is 5.96. The highest BCUT2D eigenvalue weighted by atomic mass is 16.5. The van der Waals surface area contributed by atoms with E-state index in [9.17, 15) is 4.79 Å². The standard InChI is InChI=1S/C27H25N5O3/c1-19-11-12-22(17-31-19)35-25-23(10-5-13-29-25)27(33)32-16-6-7-20(18-32)24-26(30-15-14-28-24)34-21-8-3-2-4-9-21/h2-5,8-15,17,20H,6-7,16,18H2,1H3/t20-/m0/s1. The van der Waals surface area contributed by atoms with Crippen LogP contribution in [0.5, 0.6) is 23.3 Å². The second kappa shape index (κ2) is 10.3. The number of benzene rings is 1. The lowest BCUT2D eigenvalue weighted by molar-refractivity contribution is 0.0701. The molecule has 3 aromatic heterocycles. The zero-order valence-corrected chi connectivity index (χ0v) is 19.4. The average Bonchev–Trinajstić information content (AvgIpc) is 2.91. The van der Waals surface area contributed by atoms with Crippen LogP contribution in [0.25, 0.3) is 0 Å². The molecule has 176 valence electrons. The maximum Gasteiger partial charge on any atom is 0.259 e. The molecule has 1 atom stereocenters. The molecule has 1 fully saturated rings. The van der Waals surface area contributed by atoms with Crippen molar-refractivity contribution in [2.75, 3.05) is 13.1 Å². The zero-order chi connectivity index (χ0) is 24.0. The van der Waals surface area contributed by atoms with E-state index in [4.69, 9.17) is 9.47 Å². The minimum atomic E-state index is -0.132. The molecule has 1 aliphatic heterocycles. The van der Waals surface area contributed by atoms with Crippen molar-refractivity contribution in [1.82, 2.24) is 24.8 Å². The van der Waals surface area contributed by atoms with Crippen molar-refractivity contribution in [2.24, 2.45) is 0 Å². The van der Waals surface area contributed by atoms with Crippen molar-refractivity contribution in [3.63, 3.8) is 0 Å². The molecule has 8 nitrogen and oxygen atoms in total. The van der Waals surface area contributed by atoms with Crippen LogP contribution in [0, 0.1) is 6.92 Å². The normalized spacial score (nSPS) is 15.5. The number of aryl methyl sites for hydroxylation is 1. The van der Waals surface area contributed by atoms with Crippen LogP contribution in [0.2, 0.25) is 0 Å². The number of hydrogen-bond donors (Lipinski definition) is 0. The minimum Gasteiger partial charge on any atom is -0.437 e. The summed E-state index contributed by atoms with van der Waals surface area (Å²) in [5, 5.41) is 0. The third kappa shape index (κ3) is 5.27. The number of nitrogens with zero attached hydrogens (tertiary/aromatic N) is 5. The summed E-state index contributed by atoms with van der Waals surface area (Å²) in [6, 6.07) is 16.6. The second-order valence-corrected chi connectivity index (χ2v) is 8.35. The highest BCUT2D eigenvalue weighted by Crippen LogP contribution is 2.34.